The summed E-state index contributed by atoms with van der Waals surface area (Å²) in [5, 5.41) is 0. The summed E-state index contributed by atoms with van der Waals surface area (Å²) in [6, 6.07) is 2.15. The predicted molar refractivity (Wildman–Crippen MR) is 80.5 cm³/mol. The minimum atomic E-state index is 0. The molecule has 0 unspecified atom stereocenters. The fraction of sp³-hybridized carbons (Fsp3) is 0.308. The molecule has 0 saturated carbocycles. The Morgan fingerprint density at radius 2 is 1.88 bits per heavy atom. The second kappa shape index (κ2) is 4.99. The Bertz CT molecular complexity index is 490. The van der Waals surface area contributed by atoms with Gasteiger partial charge in [0.1, 0.15) is 0 Å². The number of H-pyrrole nitrogens is 1. The topological polar surface area (TPSA) is 28.1 Å². The van der Waals surface area contributed by atoms with Crippen LogP contribution in [-0.2, 0) is 0 Å². The zero-order valence-corrected chi connectivity index (χ0v) is 12.4. The van der Waals surface area contributed by atoms with Gasteiger partial charge in [-0.2, -0.15) is 0 Å². The molecule has 0 aromatic carbocycles. The van der Waals surface area contributed by atoms with Crippen LogP contribution in [0.1, 0.15) is 30.8 Å². The van der Waals surface area contributed by atoms with Crippen molar-refractivity contribution in [3.05, 3.63) is 40.4 Å². The van der Waals surface area contributed by atoms with E-state index in [9.17, 15) is 0 Å². The summed E-state index contributed by atoms with van der Waals surface area (Å²) in [5.41, 5.74) is 7.01. The van der Waals surface area contributed by atoms with E-state index in [4.69, 9.17) is 0 Å². The van der Waals surface area contributed by atoms with Crippen LogP contribution in [0.25, 0.3) is 6.08 Å². The van der Waals surface area contributed by atoms with E-state index < -0.39 is 0 Å². The van der Waals surface area contributed by atoms with Crippen LogP contribution in [0.4, 0.5) is 0 Å². The summed E-state index contributed by atoms with van der Waals surface area (Å²) in [7, 11) is 0. The number of hydrogen-bond donors (Lipinski definition) is 1. The number of nitrogens with one attached hydrogen (secondary N) is 1. The number of aromatic amines is 1. The largest absolute Gasteiger partial charge is 0.359 e. The van der Waals surface area contributed by atoms with E-state index in [2.05, 4.69) is 49.0 Å². The number of nitrogens with zero attached hydrogens (tertiary/aromatic N) is 1. The highest BCUT2D eigenvalue weighted by Gasteiger charge is 2.08. The molecule has 0 amide bonds. The third-order valence-corrected chi connectivity index (χ3v) is 2.60. The molecule has 1 aromatic rings. The van der Waals surface area contributed by atoms with Gasteiger partial charge in [-0.05, 0) is 57.0 Å². The third kappa shape index (κ3) is 2.64. The lowest BCUT2D eigenvalue weighted by Crippen LogP contribution is -1.81. The molecule has 0 spiro atoms. The number of allylic oxidation sites excluding steroid dienone is 2. The van der Waals surface area contributed by atoms with E-state index in [0.717, 1.165) is 17.1 Å². The van der Waals surface area contributed by atoms with Crippen molar-refractivity contribution >= 4 is 35.8 Å². The molecule has 0 atom stereocenters. The number of rotatable bonds is 1. The van der Waals surface area contributed by atoms with Crippen LogP contribution in [0.5, 0.6) is 0 Å². The molecule has 1 aliphatic rings. The van der Waals surface area contributed by atoms with Gasteiger partial charge in [0, 0.05) is 17.1 Å². The lowest BCUT2D eigenvalue weighted by Gasteiger charge is -1.96. The number of aryl methyl sites for hydroxylation is 2. The van der Waals surface area contributed by atoms with Crippen LogP contribution in [0.3, 0.4) is 0 Å². The van der Waals surface area contributed by atoms with Gasteiger partial charge in [0.25, 0.3) is 0 Å². The van der Waals surface area contributed by atoms with Gasteiger partial charge >= 0.3 is 0 Å². The molecule has 0 saturated heterocycles. The molecule has 2 rings (SSSR count). The van der Waals surface area contributed by atoms with Crippen LogP contribution in [-0.4, -0.2) is 10.7 Å². The summed E-state index contributed by atoms with van der Waals surface area (Å²) in [6.07, 6.45) is 4.22. The molecule has 1 N–H and O–H groups in total. The number of aromatic nitrogens is 1. The van der Waals surface area contributed by atoms with Gasteiger partial charge in [0.2, 0.25) is 0 Å². The molecular weight excluding hydrogens is 311 g/mol. The smallest absolute Gasteiger partial charge is 0.0683 e. The van der Waals surface area contributed by atoms with Gasteiger partial charge in [0.15, 0.2) is 0 Å². The van der Waals surface area contributed by atoms with Gasteiger partial charge in [-0.1, -0.05) is 0 Å². The first-order valence-corrected chi connectivity index (χ1v) is 5.18. The van der Waals surface area contributed by atoms with Crippen LogP contribution in [0, 0.1) is 13.8 Å². The molecule has 1 aliphatic heterocycles. The van der Waals surface area contributed by atoms with E-state index in [1.165, 1.54) is 16.8 Å². The zero-order chi connectivity index (χ0) is 11.0. The Balaban J connectivity index is 0.00000128. The summed E-state index contributed by atoms with van der Waals surface area (Å²) in [6.45, 7) is 8.30. The summed E-state index contributed by atoms with van der Waals surface area (Å²) in [5.74, 6) is 0. The van der Waals surface area contributed by atoms with Gasteiger partial charge in [-0.25, -0.2) is 0 Å². The molecule has 86 valence electrons. The molecule has 2 heterocycles. The van der Waals surface area contributed by atoms with Crippen molar-refractivity contribution < 1.29 is 0 Å². The van der Waals surface area contributed by atoms with Crippen LogP contribution >= 0.6 is 24.0 Å². The number of halogens is 1. The standard InChI is InChI=1S/C13H16N2.HI/c1-8-5-10(3)14-12(8)7-13-9(2)6-11(4)15-13;/h5-7,14H,1-4H3;1H/b13-7+;. The van der Waals surface area contributed by atoms with E-state index in [1.54, 1.807) is 0 Å². The van der Waals surface area contributed by atoms with Crippen molar-refractivity contribution in [1.82, 2.24) is 4.98 Å². The van der Waals surface area contributed by atoms with Gasteiger partial charge in [-0.3, -0.25) is 4.99 Å². The second-order valence-electron chi connectivity index (χ2n) is 4.16. The highest BCUT2D eigenvalue weighted by molar-refractivity contribution is 14.0. The van der Waals surface area contributed by atoms with Crippen molar-refractivity contribution in [2.75, 3.05) is 0 Å². The molecule has 0 aliphatic carbocycles. The Kier molecular flexibility index (Phi) is 4.13. The predicted octanol–water partition coefficient (Wildman–Crippen LogP) is 4.01. The quantitative estimate of drug-likeness (QED) is 0.755. The maximum absolute atomic E-state index is 4.48. The minimum absolute atomic E-state index is 0. The first kappa shape index (κ1) is 13.2. The van der Waals surface area contributed by atoms with Crippen molar-refractivity contribution in [3.8, 4) is 0 Å². The summed E-state index contributed by atoms with van der Waals surface area (Å²) in [4.78, 5) is 7.81. The lowest BCUT2D eigenvalue weighted by atomic mass is 10.1. The molecule has 16 heavy (non-hydrogen) atoms. The lowest BCUT2D eigenvalue weighted by molar-refractivity contribution is 1.23. The van der Waals surface area contributed by atoms with Crippen molar-refractivity contribution in [2.24, 2.45) is 4.99 Å². The van der Waals surface area contributed by atoms with Gasteiger partial charge < -0.3 is 4.98 Å². The highest BCUT2D eigenvalue weighted by Crippen LogP contribution is 2.22. The highest BCUT2D eigenvalue weighted by atomic mass is 127. The molecule has 2 nitrogen and oxygen atoms in total. The third-order valence-electron chi connectivity index (χ3n) is 2.60. The maximum atomic E-state index is 4.48. The molecule has 0 fully saturated rings. The number of aliphatic imine (C=N–C) groups is 1. The molecule has 3 heteroatoms. The fourth-order valence-corrected chi connectivity index (χ4v) is 1.88. The monoisotopic (exact) mass is 328 g/mol. The van der Waals surface area contributed by atoms with E-state index in [-0.39, 0.29) is 24.0 Å². The van der Waals surface area contributed by atoms with E-state index in [1.807, 2.05) is 6.92 Å². The summed E-state index contributed by atoms with van der Waals surface area (Å²) >= 11 is 0. The van der Waals surface area contributed by atoms with Crippen LogP contribution in [0.15, 0.2) is 28.4 Å². The molecule has 1 aromatic heterocycles. The van der Waals surface area contributed by atoms with Crippen LogP contribution < -0.4 is 0 Å². The Morgan fingerprint density at radius 3 is 2.31 bits per heavy atom. The van der Waals surface area contributed by atoms with Crippen molar-refractivity contribution in [3.63, 3.8) is 0 Å². The first-order chi connectivity index (χ1) is 7.06. The average Bonchev–Trinajstić information content (AvgIpc) is 2.58. The van der Waals surface area contributed by atoms with E-state index in [0.29, 0.717) is 0 Å². The fourth-order valence-electron chi connectivity index (χ4n) is 1.88. The maximum Gasteiger partial charge on any atom is 0.0683 e. The SMILES string of the molecule is CC1=CC(C)=N/C1=C/c1[nH]c(C)cc1C.I. The normalized spacial score (nSPS) is 17.1. The van der Waals surface area contributed by atoms with Crippen molar-refractivity contribution in [2.45, 2.75) is 27.7 Å². The van der Waals surface area contributed by atoms with Gasteiger partial charge in [-0.15, -0.1) is 24.0 Å². The van der Waals surface area contributed by atoms with Crippen molar-refractivity contribution in [1.29, 1.82) is 0 Å². The Labute approximate surface area is 114 Å². The molecule has 0 bridgehead atoms. The minimum Gasteiger partial charge on any atom is -0.359 e. The molecule has 0 radical (unpaired) electrons. The van der Waals surface area contributed by atoms with Crippen LogP contribution in [0.2, 0.25) is 0 Å². The molecular formula is C13H17IN2. The summed E-state index contributed by atoms with van der Waals surface area (Å²) < 4.78 is 0. The number of hydrogen-bond acceptors (Lipinski definition) is 1. The Morgan fingerprint density at radius 1 is 1.19 bits per heavy atom. The van der Waals surface area contributed by atoms with E-state index >= 15 is 0 Å². The van der Waals surface area contributed by atoms with Gasteiger partial charge in [0.05, 0.1) is 5.70 Å². The Hall–Kier alpha value is -0.840. The first-order valence-electron chi connectivity index (χ1n) is 5.18. The average molecular weight is 328 g/mol. The second-order valence-corrected chi connectivity index (χ2v) is 4.16. The zero-order valence-electron chi connectivity index (χ0n) is 10.1.